The predicted octanol–water partition coefficient (Wildman–Crippen LogP) is 4.26. The van der Waals surface area contributed by atoms with Crippen LogP contribution in [0.3, 0.4) is 0 Å². The third-order valence-electron chi connectivity index (χ3n) is 3.88. The van der Waals surface area contributed by atoms with Gasteiger partial charge in [0.1, 0.15) is 0 Å². The number of aliphatic hydroxyl groups excluding tert-OH is 1. The molecular formula is C17H22ClNO. The van der Waals surface area contributed by atoms with E-state index in [1.165, 1.54) is 0 Å². The topological polar surface area (TPSA) is 23.5 Å². The molecule has 0 amide bonds. The summed E-state index contributed by atoms with van der Waals surface area (Å²) in [6.07, 6.45) is 0.297. The van der Waals surface area contributed by atoms with E-state index < -0.39 is 6.10 Å². The fraction of sp³-hybridized carbons (Fsp3) is 0.412. The molecule has 0 heterocycles. The van der Waals surface area contributed by atoms with E-state index >= 15 is 0 Å². The van der Waals surface area contributed by atoms with E-state index in [-0.39, 0.29) is 0 Å². The van der Waals surface area contributed by atoms with Crippen molar-refractivity contribution >= 4 is 22.4 Å². The third-order valence-corrected chi connectivity index (χ3v) is 4.21. The molecule has 2 rings (SSSR count). The van der Waals surface area contributed by atoms with Gasteiger partial charge in [0.2, 0.25) is 0 Å². The summed E-state index contributed by atoms with van der Waals surface area (Å²) in [5.41, 5.74) is 0.970. The molecule has 2 nitrogen and oxygen atoms in total. The highest BCUT2D eigenvalue weighted by atomic mass is 35.5. The van der Waals surface area contributed by atoms with Crippen LogP contribution in [0.25, 0.3) is 10.8 Å². The molecule has 0 unspecified atom stereocenters. The number of nitrogens with zero attached hydrogens (tertiary/aromatic N) is 1. The Morgan fingerprint density at radius 1 is 1.05 bits per heavy atom. The molecule has 1 atom stereocenters. The maximum Gasteiger partial charge on any atom is 0.0808 e. The summed E-state index contributed by atoms with van der Waals surface area (Å²) in [5, 5.41) is 13.3. The number of aliphatic hydroxyl groups is 1. The lowest BCUT2D eigenvalue weighted by Crippen LogP contribution is -2.25. The molecule has 0 aliphatic rings. The molecule has 0 aliphatic carbocycles. The molecule has 0 saturated carbocycles. The van der Waals surface area contributed by atoms with Crippen LogP contribution in [0.1, 0.15) is 31.9 Å². The number of benzene rings is 2. The van der Waals surface area contributed by atoms with Crippen molar-refractivity contribution in [3.8, 4) is 0 Å². The lowest BCUT2D eigenvalue weighted by molar-refractivity contribution is 0.146. The minimum Gasteiger partial charge on any atom is -0.388 e. The van der Waals surface area contributed by atoms with Gasteiger partial charge in [-0.2, -0.15) is 0 Å². The quantitative estimate of drug-likeness (QED) is 0.860. The number of hydrogen-bond donors (Lipinski definition) is 1. The Hall–Kier alpha value is -1.09. The largest absolute Gasteiger partial charge is 0.388 e. The van der Waals surface area contributed by atoms with Crippen molar-refractivity contribution < 1.29 is 5.11 Å². The molecule has 0 aromatic heterocycles. The minimum atomic E-state index is -0.447. The van der Waals surface area contributed by atoms with Crippen molar-refractivity contribution in [3.05, 3.63) is 47.0 Å². The van der Waals surface area contributed by atoms with Gasteiger partial charge in [-0.05, 0) is 36.5 Å². The van der Waals surface area contributed by atoms with E-state index in [2.05, 4.69) is 18.7 Å². The Morgan fingerprint density at radius 2 is 1.70 bits per heavy atom. The molecule has 0 saturated heterocycles. The number of hydrogen-bond acceptors (Lipinski definition) is 2. The van der Waals surface area contributed by atoms with Crippen LogP contribution in [0.4, 0.5) is 0 Å². The minimum absolute atomic E-state index is 0.447. The van der Waals surface area contributed by atoms with Crippen molar-refractivity contribution in [2.45, 2.75) is 26.4 Å². The standard InChI is InChI=1S/C17H22ClNO/c1-3-19(4-2)12-11-17(20)15-9-10-16(18)14-8-6-5-7-13(14)15/h5-10,17,20H,3-4,11-12H2,1-2H3/t17-/m1/s1. The van der Waals surface area contributed by atoms with Gasteiger partial charge >= 0.3 is 0 Å². The Morgan fingerprint density at radius 3 is 2.35 bits per heavy atom. The van der Waals surface area contributed by atoms with Crippen molar-refractivity contribution in [3.63, 3.8) is 0 Å². The van der Waals surface area contributed by atoms with Crippen molar-refractivity contribution in [2.24, 2.45) is 0 Å². The molecule has 0 spiro atoms. The van der Waals surface area contributed by atoms with Crippen LogP contribution in [0, 0.1) is 0 Å². The summed E-state index contributed by atoms with van der Waals surface area (Å²) in [7, 11) is 0. The summed E-state index contributed by atoms with van der Waals surface area (Å²) >= 11 is 6.22. The Balaban J connectivity index is 2.22. The van der Waals surface area contributed by atoms with E-state index in [9.17, 15) is 5.11 Å². The van der Waals surface area contributed by atoms with Crippen LogP contribution >= 0.6 is 11.6 Å². The van der Waals surface area contributed by atoms with Gasteiger partial charge in [-0.3, -0.25) is 0 Å². The van der Waals surface area contributed by atoms with Crippen LogP contribution in [-0.4, -0.2) is 29.6 Å². The average molecular weight is 292 g/mol. The molecular weight excluding hydrogens is 270 g/mol. The number of halogens is 1. The zero-order chi connectivity index (χ0) is 14.5. The van der Waals surface area contributed by atoms with Gasteiger partial charge < -0.3 is 10.0 Å². The molecule has 108 valence electrons. The first-order valence-corrected chi connectivity index (χ1v) is 7.62. The summed E-state index contributed by atoms with van der Waals surface area (Å²) in [5.74, 6) is 0. The summed E-state index contributed by atoms with van der Waals surface area (Å²) in [6.45, 7) is 7.24. The smallest absolute Gasteiger partial charge is 0.0808 e. The second-order valence-corrected chi connectivity index (χ2v) is 5.42. The maximum atomic E-state index is 10.5. The molecule has 0 radical (unpaired) electrons. The zero-order valence-electron chi connectivity index (χ0n) is 12.1. The average Bonchev–Trinajstić information content (AvgIpc) is 2.48. The van der Waals surface area contributed by atoms with Crippen LogP contribution in [0.2, 0.25) is 5.02 Å². The summed E-state index contributed by atoms with van der Waals surface area (Å²) in [6, 6.07) is 11.8. The molecule has 20 heavy (non-hydrogen) atoms. The number of fused-ring (bicyclic) bond motifs is 1. The van der Waals surface area contributed by atoms with E-state index in [0.717, 1.165) is 47.4 Å². The second kappa shape index (κ2) is 7.07. The van der Waals surface area contributed by atoms with E-state index in [1.807, 2.05) is 36.4 Å². The Kier molecular flexibility index (Phi) is 5.41. The highest BCUT2D eigenvalue weighted by Gasteiger charge is 2.13. The molecule has 2 aromatic rings. The summed E-state index contributed by atoms with van der Waals surface area (Å²) < 4.78 is 0. The second-order valence-electron chi connectivity index (χ2n) is 5.01. The Bertz CT molecular complexity index is 566. The van der Waals surface area contributed by atoms with Gasteiger partial charge in [0.05, 0.1) is 6.10 Å². The van der Waals surface area contributed by atoms with E-state index in [0.29, 0.717) is 0 Å². The van der Waals surface area contributed by atoms with Crippen molar-refractivity contribution in [2.75, 3.05) is 19.6 Å². The fourth-order valence-corrected chi connectivity index (χ4v) is 2.80. The normalized spacial score (nSPS) is 13.1. The van der Waals surface area contributed by atoms with Crippen molar-refractivity contribution in [1.82, 2.24) is 4.90 Å². The van der Waals surface area contributed by atoms with Gasteiger partial charge in [0.15, 0.2) is 0 Å². The molecule has 0 fully saturated rings. The monoisotopic (exact) mass is 291 g/mol. The first-order chi connectivity index (χ1) is 9.67. The van der Waals surface area contributed by atoms with Crippen molar-refractivity contribution in [1.29, 1.82) is 0 Å². The van der Waals surface area contributed by atoms with Crippen LogP contribution in [0.15, 0.2) is 36.4 Å². The molecule has 0 bridgehead atoms. The van der Waals surface area contributed by atoms with Crippen LogP contribution in [0.5, 0.6) is 0 Å². The lowest BCUT2D eigenvalue weighted by Gasteiger charge is -2.21. The molecule has 0 aliphatic heterocycles. The van der Waals surface area contributed by atoms with Gasteiger partial charge in [-0.15, -0.1) is 0 Å². The first-order valence-electron chi connectivity index (χ1n) is 7.25. The predicted molar refractivity (Wildman–Crippen MR) is 86.3 cm³/mol. The van der Waals surface area contributed by atoms with Crippen LogP contribution in [-0.2, 0) is 0 Å². The first kappa shape index (κ1) is 15.3. The van der Waals surface area contributed by atoms with Gasteiger partial charge in [0, 0.05) is 17.0 Å². The molecule has 1 N–H and O–H groups in total. The lowest BCUT2D eigenvalue weighted by atomic mass is 9.98. The highest BCUT2D eigenvalue weighted by molar-refractivity contribution is 6.35. The zero-order valence-corrected chi connectivity index (χ0v) is 12.9. The van der Waals surface area contributed by atoms with E-state index in [1.54, 1.807) is 0 Å². The van der Waals surface area contributed by atoms with Crippen LogP contribution < -0.4 is 0 Å². The SMILES string of the molecule is CCN(CC)CC[C@@H](O)c1ccc(Cl)c2ccccc12. The highest BCUT2D eigenvalue weighted by Crippen LogP contribution is 2.31. The summed E-state index contributed by atoms with van der Waals surface area (Å²) in [4.78, 5) is 2.32. The maximum absolute atomic E-state index is 10.5. The van der Waals surface area contributed by atoms with Gasteiger partial charge in [-0.25, -0.2) is 0 Å². The van der Waals surface area contributed by atoms with Gasteiger partial charge in [0.25, 0.3) is 0 Å². The third kappa shape index (κ3) is 3.32. The van der Waals surface area contributed by atoms with E-state index in [4.69, 9.17) is 11.6 Å². The number of rotatable bonds is 6. The molecule has 3 heteroatoms. The van der Waals surface area contributed by atoms with Gasteiger partial charge in [-0.1, -0.05) is 55.8 Å². The Labute approximate surface area is 126 Å². The fourth-order valence-electron chi connectivity index (χ4n) is 2.58. The molecule has 2 aromatic carbocycles.